The van der Waals surface area contributed by atoms with Gasteiger partial charge in [-0.1, -0.05) is 18.2 Å². The minimum atomic E-state index is -3.48. The molecule has 2 aliphatic rings. The summed E-state index contributed by atoms with van der Waals surface area (Å²) in [7, 11) is -3.48. The van der Waals surface area contributed by atoms with Crippen LogP contribution in [0.3, 0.4) is 0 Å². The Bertz CT molecular complexity index is 922. The first-order valence-corrected chi connectivity index (χ1v) is 13.0. The van der Waals surface area contributed by atoms with Crippen LogP contribution in [-0.4, -0.2) is 87.8 Å². The van der Waals surface area contributed by atoms with Gasteiger partial charge in [0.1, 0.15) is 12.4 Å². The number of carbonyl (C=O) groups is 2. The molecular weight excluding hydrogens is 434 g/mol. The third-order valence-electron chi connectivity index (χ3n) is 5.95. The van der Waals surface area contributed by atoms with Crippen LogP contribution >= 0.6 is 0 Å². The number of amides is 2. The van der Waals surface area contributed by atoms with Crippen LogP contribution in [0.2, 0.25) is 0 Å². The topological polar surface area (TPSA) is 105 Å². The second kappa shape index (κ2) is 10.6. The Morgan fingerprint density at radius 3 is 2.72 bits per heavy atom. The van der Waals surface area contributed by atoms with Crippen molar-refractivity contribution >= 4 is 21.8 Å². The van der Waals surface area contributed by atoms with Crippen molar-refractivity contribution in [3.05, 3.63) is 29.8 Å². The summed E-state index contributed by atoms with van der Waals surface area (Å²) < 4.78 is 37.0. The smallest absolute Gasteiger partial charge is 0.256 e. The van der Waals surface area contributed by atoms with Crippen LogP contribution in [0.15, 0.2) is 24.3 Å². The molecule has 3 rings (SSSR count). The number of nitrogens with one attached hydrogen (secondary N) is 1. The van der Waals surface area contributed by atoms with Crippen molar-refractivity contribution < 1.29 is 27.5 Å². The SMILES string of the molecule is CCN1CCOc2ccccc2CCCCC2(CN(C(=O)CNS(C)(=O)=O)CCO2)C1=O. The molecule has 2 heterocycles. The number of morpholine rings is 1. The third-order valence-corrected chi connectivity index (χ3v) is 6.62. The number of hydrogen-bond donors (Lipinski definition) is 1. The maximum absolute atomic E-state index is 13.6. The van der Waals surface area contributed by atoms with Crippen molar-refractivity contribution in [2.24, 2.45) is 0 Å². The first-order valence-electron chi connectivity index (χ1n) is 11.1. The molecule has 1 fully saturated rings. The highest BCUT2D eigenvalue weighted by Crippen LogP contribution is 2.29. The zero-order chi connectivity index (χ0) is 23.2. The van der Waals surface area contributed by atoms with Crippen LogP contribution in [0.5, 0.6) is 5.75 Å². The molecule has 32 heavy (non-hydrogen) atoms. The van der Waals surface area contributed by atoms with E-state index in [0.717, 1.165) is 36.8 Å². The number of ether oxygens (including phenoxy) is 2. The van der Waals surface area contributed by atoms with Crippen molar-refractivity contribution in [2.45, 2.75) is 38.2 Å². The first kappa shape index (κ1) is 24.5. The summed E-state index contributed by atoms with van der Waals surface area (Å²) in [6.07, 6.45) is 3.94. The first-order chi connectivity index (χ1) is 15.2. The summed E-state index contributed by atoms with van der Waals surface area (Å²) in [5.74, 6) is 0.346. The van der Waals surface area contributed by atoms with Gasteiger partial charge in [-0.05, 0) is 44.2 Å². The number of rotatable bonds is 4. The molecule has 1 atom stereocenters. The van der Waals surface area contributed by atoms with E-state index in [4.69, 9.17) is 9.47 Å². The van der Waals surface area contributed by atoms with E-state index in [0.29, 0.717) is 32.7 Å². The van der Waals surface area contributed by atoms with Gasteiger partial charge in [0.2, 0.25) is 15.9 Å². The zero-order valence-electron chi connectivity index (χ0n) is 18.8. The zero-order valence-corrected chi connectivity index (χ0v) is 19.7. The Morgan fingerprint density at radius 1 is 1.19 bits per heavy atom. The Hall–Kier alpha value is -2.17. The largest absolute Gasteiger partial charge is 0.491 e. The maximum atomic E-state index is 13.6. The molecule has 178 valence electrons. The molecule has 10 heteroatoms. The molecule has 0 aromatic heterocycles. The molecule has 1 spiro atoms. The average molecular weight is 468 g/mol. The quantitative estimate of drug-likeness (QED) is 0.702. The van der Waals surface area contributed by atoms with Gasteiger partial charge >= 0.3 is 0 Å². The van der Waals surface area contributed by atoms with E-state index in [1.54, 1.807) is 4.90 Å². The summed E-state index contributed by atoms with van der Waals surface area (Å²) in [4.78, 5) is 29.5. The molecule has 2 aliphatic heterocycles. The van der Waals surface area contributed by atoms with Crippen LogP contribution < -0.4 is 9.46 Å². The van der Waals surface area contributed by atoms with Gasteiger partial charge < -0.3 is 19.3 Å². The van der Waals surface area contributed by atoms with E-state index in [1.165, 1.54) is 4.90 Å². The van der Waals surface area contributed by atoms with Crippen molar-refractivity contribution in [3.8, 4) is 5.75 Å². The van der Waals surface area contributed by atoms with E-state index in [9.17, 15) is 18.0 Å². The van der Waals surface area contributed by atoms with Gasteiger partial charge in [0.15, 0.2) is 5.60 Å². The number of carbonyl (C=O) groups excluding carboxylic acids is 2. The maximum Gasteiger partial charge on any atom is 0.256 e. The second-order valence-corrected chi connectivity index (χ2v) is 10.1. The molecule has 0 aliphatic carbocycles. The molecule has 1 unspecified atom stereocenters. The molecular formula is C22H33N3O6S. The Morgan fingerprint density at radius 2 is 1.97 bits per heavy atom. The minimum Gasteiger partial charge on any atom is -0.491 e. The number of hydrogen-bond acceptors (Lipinski definition) is 6. The standard InChI is InChI=1S/C22H33N3O6S/c1-3-24-12-14-30-19-10-5-4-8-18(19)9-6-7-11-22(21(24)27)17-25(13-15-31-22)20(26)16-23-32(2,28)29/h4-5,8,10,23H,3,6-7,9,11-17H2,1-2H3. The normalized spacial score (nSPS) is 23.1. The highest BCUT2D eigenvalue weighted by Gasteiger charge is 2.46. The number of para-hydroxylation sites is 1. The van der Waals surface area contributed by atoms with Gasteiger partial charge in [-0.2, -0.15) is 0 Å². The molecule has 1 N–H and O–H groups in total. The molecule has 0 radical (unpaired) electrons. The van der Waals surface area contributed by atoms with Gasteiger partial charge in [-0.15, -0.1) is 0 Å². The van der Waals surface area contributed by atoms with Crippen molar-refractivity contribution in [3.63, 3.8) is 0 Å². The van der Waals surface area contributed by atoms with Gasteiger partial charge in [-0.25, -0.2) is 13.1 Å². The highest BCUT2D eigenvalue weighted by atomic mass is 32.2. The van der Waals surface area contributed by atoms with E-state index in [1.807, 2.05) is 25.1 Å². The minimum absolute atomic E-state index is 0.115. The van der Waals surface area contributed by atoms with Gasteiger partial charge in [0.25, 0.3) is 5.91 Å². The van der Waals surface area contributed by atoms with Gasteiger partial charge in [0.05, 0.1) is 32.5 Å². The Kier molecular flexibility index (Phi) is 8.13. The highest BCUT2D eigenvalue weighted by molar-refractivity contribution is 7.88. The monoisotopic (exact) mass is 467 g/mol. The average Bonchev–Trinajstić information content (AvgIpc) is 2.77. The van der Waals surface area contributed by atoms with E-state index >= 15 is 0 Å². The summed E-state index contributed by atoms with van der Waals surface area (Å²) in [6.45, 7) is 3.53. The van der Waals surface area contributed by atoms with Gasteiger partial charge in [0, 0.05) is 13.1 Å². The summed E-state index contributed by atoms with van der Waals surface area (Å²) >= 11 is 0. The second-order valence-electron chi connectivity index (χ2n) is 8.30. The van der Waals surface area contributed by atoms with Crippen LogP contribution in [-0.2, 0) is 30.8 Å². The van der Waals surface area contributed by atoms with Crippen LogP contribution in [0.25, 0.3) is 0 Å². The molecule has 0 saturated carbocycles. The lowest BCUT2D eigenvalue weighted by molar-refractivity contribution is -0.176. The van der Waals surface area contributed by atoms with E-state index in [-0.39, 0.29) is 31.5 Å². The number of aryl methyl sites for hydroxylation is 1. The van der Waals surface area contributed by atoms with Crippen LogP contribution in [0, 0.1) is 0 Å². The Balaban J connectivity index is 1.78. The summed E-state index contributed by atoms with van der Waals surface area (Å²) in [5, 5.41) is 0. The number of benzene rings is 1. The van der Waals surface area contributed by atoms with Crippen molar-refractivity contribution in [1.82, 2.24) is 14.5 Å². The fourth-order valence-electron chi connectivity index (χ4n) is 4.22. The molecule has 9 nitrogen and oxygen atoms in total. The molecule has 1 aromatic rings. The lowest BCUT2D eigenvalue weighted by Crippen LogP contribution is -2.62. The Labute approximate surface area is 190 Å². The lowest BCUT2D eigenvalue weighted by atomic mass is 9.91. The molecule has 1 aromatic carbocycles. The summed E-state index contributed by atoms with van der Waals surface area (Å²) in [6, 6.07) is 7.96. The van der Waals surface area contributed by atoms with Gasteiger partial charge in [-0.3, -0.25) is 9.59 Å². The van der Waals surface area contributed by atoms with Crippen molar-refractivity contribution in [1.29, 1.82) is 0 Å². The molecule has 0 bridgehead atoms. The lowest BCUT2D eigenvalue weighted by Gasteiger charge is -2.44. The number of fused-ring (bicyclic) bond motifs is 1. The van der Waals surface area contributed by atoms with E-state index in [2.05, 4.69) is 10.8 Å². The summed E-state index contributed by atoms with van der Waals surface area (Å²) in [5.41, 5.74) is 0.0120. The van der Waals surface area contributed by atoms with E-state index < -0.39 is 15.6 Å². The number of nitrogens with zero attached hydrogens (tertiary/aromatic N) is 2. The fourth-order valence-corrected chi connectivity index (χ4v) is 4.61. The third kappa shape index (κ3) is 6.20. The molecule has 2 amide bonds. The number of likely N-dealkylation sites (N-methyl/N-ethyl adjacent to an activating group) is 1. The fraction of sp³-hybridized carbons (Fsp3) is 0.636. The predicted octanol–water partition coefficient (Wildman–Crippen LogP) is 0.787. The van der Waals surface area contributed by atoms with Crippen LogP contribution in [0.4, 0.5) is 0 Å². The number of sulfonamides is 1. The molecule has 1 saturated heterocycles. The predicted molar refractivity (Wildman–Crippen MR) is 120 cm³/mol. The van der Waals surface area contributed by atoms with Crippen LogP contribution in [0.1, 0.15) is 31.7 Å². The van der Waals surface area contributed by atoms with Crippen molar-refractivity contribution in [2.75, 3.05) is 52.2 Å².